The second kappa shape index (κ2) is 18.0. The van der Waals surface area contributed by atoms with E-state index in [2.05, 4.69) is 0 Å². The molecule has 0 aromatic heterocycles. The van der Waals surface area contributed by atoms with Crippen molar-refractivity contribution in [1.29, 1.82) is 0 Å². The summed E-state index contributed by atoms with van der Waals surface area (Å²) in [6.45, 7) is 0. The molecule has 0 fully saturated rings. The molecule has 4 heteroatoms. The Hall–Kier alpha value is 2.44. The van der Waals surface area contributed by atoms with Crippen molar-refractivity contribution < 1.29 is 0 Å². The summed E-state index contributed by atoms with van der Waals surface area (Å²) >= 11 is 0. The summed E-state index contributed by atoms with van der Waals surface area (Å²) in [7, 11) is 0. The van der Waals surface area contributed by atoms with Crippen LogP contribution in [-0.2, 0) is 0 Å². The monoisotopic (exact) mass is 431 g/mol. The first-order valence-corrected chi connectivity index (χ1v) is 0. The van der Waals surface area contributed by atoms with Gasteiger partial charge in [0.05, 0.1) is 0 Å². The normalized spacial score (nSPS) is 0. The van der Waals surface area contributed by atoms with Gasteiger partial charge in [-0.15, -0.1) is 0 Å². The van der Waals surface area contributed by atoms with E-state index in [4.69, 9.17) is 0 Å². The van der Waals surface area contributed by atoms with Crippen molar-refractivity contribution in [2.75, 3.05) is 0 Å². The van der Waals surface area contributed by atoms with Crippen LogP contribution in [0.2, 0.25) is 0 Å². The summed E-state index contributed by atoms with van der Waals surface area (Å²) in [4.78, 5) is 0. The Morgan fingerprint density at radius 2 is 1.00 bits per heavy atom. The number of rotatable bonds is 0. The number of hydrogen-bond donors (Lipinski definition) is 0. The van der Waals surface area contributed by atoms with Gasteiger partial charge in [-0.3, -0.25) is 0 Å². The van der Waals surface area contributed by atoms with Crippen LogP contribution in [0.15, 0.2) is 0 Å². The fraction of sp³-hybridized carbons (Fsp3) is 0. The second-order valence-corrected chi connectivity index (χ2v) is 0. The summed E-state index contributed by atoms with van der Waals surface area (Å²) < 4.78 is 0. The molecule has 0 bridgehead atoms. The maximum atomic E-state index is 0. The largest absolute Gasteiger partial charge is 0 e. The molecule has 15 radical (unpaired) electrons. The molecule has 0 amide bonds. The molecule has 0 aromatic carbocycles. The maximum absolute atomic E-state index is 0. The molecule has 0 spiro atoms. The van der Waals surface area contributed by atoms with Crippen molar-refractivity contribution >= 4 is 78.7 Å². The molecule has 0 aliphatic heterocycles. The predicted molar refractivity (Wildman–Crippen MR) is 23.0 cm³/mol. The quantitative estimate of drug-likeness (QED) is 0.411. The van der Waals surface area contributed by atoms with Crippen LogP contribution in [0, 0.1) is 0 Å². The molecule has 17 valence electrons. The standard InChI is InChI=1S/Bi.Ge.Si.Sn. The van der Waals surface area contributed by atoms with Crippen LogP contribution in [0.4, 0.5) is 0 Å². The van der Waals surface area contributed by atoms with Crippen LogP contribution >= 0.6 is 0 Å². The molecule has 0 nitrogen and oxygen atoms in total. The molecule has 0 aliphatic rings. The molecular weight excluding hydrogens is 428 g/mol. The Labute approximate surface area is 77.6 Å². The van der Waals surface area contributed by atoms with Crippen LogP contribution in [-0.4, -0.2) is 78.7 Å². The van der Waals surface area contributed by atoms with Crippen molar-refractivity contribution in [3.05, 3.63) is 0 Å². The Bertz CT molecular complexity index is 8.00. The molecule has 0 atom stereocenters. The van der Waals surface area contributed by atoms with Crippen molar-refractivity contribution in [3.8, 4) is 0 Å². The van der Waals surface area contributed by atoms with Crippen LogP contribution in [0.5, 0.6) is 0 Å². The minimum atomic E-state index is 0. The van der Waals surface area contributed by atoms with Crippen LogP contribution in [0.25, 0.3) is 0 Å². The van der Waals surface area contributed by atoms with E-state index >= 15 is 0 Å². The van der Waals surface area contributed by atoms with Gasteiger partial charge in [0, 0.05) is 78.7 Å². The van der Waals surface area contributed by atoms with Gasteiger partial charge in [0.25, 0.3) is 0 Å². The molecule has 4 heavy (non-hydrogen) atoms. The molecule has 0 heterocycles. The van der Waals surface area contributed by atoms with E-state index in [1.54, 1.807) is 0 Å². The molecule has 0 rings (SSSR count). The summed E-state index contributed by atoms with van der Waals surface area (Å²) in [5.41, 5.74) is 0. The average molecular weight is 428 g/mol. The van der Waals surface area contributed by atoms with Gasteiger partial charge in [-0.25, -0.2) is 0 Å². The molecule has 0 saturated heterocycles. The van der Waals surface area contributed by atoms with Gasteiger partial charge >= 0.3 is 0 Å². The van der Waals surface area contributed by atoms with E-state index in [1.807, 2.05) is 0 Å². The summed E-state index contributed by atoms with van der Waals surface area (Å²) in [5.74, 6) is 0. The first-order valence-electron chi connectivity index (χ1n) is 0. The first-order chi connectivity index (χ1) is 0. The molecule has 0 aliphatic carbocycles. The van der Waals surface area contributed by atoms with Gasteiger partial charge in [-0.2, -0.15) is 0 Å². The third kappa shape index (κ3) is 8.82. The van der Waals surface area contributed by atoms with Gasteiger partial charge in [0.15, 0.2) is 0 Å². The zero-order valence-electron chi connectivity index (χ0n) is 1.95. The van der Waals surface area contributed by atoms with Crippen molar-refractivity contribution in [2.45, 2.75) is 0 Å². The van der Waals surface area contributed by atoms with Gasteiger partial charge in [0.2, 0.25) is 0 Å². The van der Waals surface area contributed by atoms with E-state index in [9.17, 15) is 0 Å². The van der Waals surface area contributed by atoms with Crippen LogP contribution in [0.3, 0.4) is 0 Å². The SMILES string of the molecule is [Bi].[Ge].[Si].[Sn]. The second-order valence-electron chi connectivity index (χ2n) is 0. The summed E-state index contributed by atoms with van der Waals surface area (Å²) in [6.07, 6.45) is 0. The third-order valence-electron chi connectivity index (χ3n) is 0. The topological polar surface area (TPSA) is 0 Å². The first kappa shape index (κ1) is 32.0. The molecule has 0 aromatic rings. The smallest absolute Gasteiger partial charge is 0 e. The van der Waals surface area contributed by atoms with Crippen molar-refractivity contribution in [1.82, 2.24) is 0 Å². The summed E-state index contributed by atoms with van der Waals surface area (Å²) in [6, 6.07) is 0. The van der Waals surface area contributed by atoms with Crippen molar-refractivity contribution in [3.63, 3.8) is 0 Å². The van der Waals surface area contributed by atoms with Gasteiger partial charge in [-0.05, 0) is 0 Å². The van der Waals surface area contributed by atoms with E-state index in [1.165, 1.54) is 0 Å². The molecule has 0 N–H and O–H groups in total. The van der Waals surface area contributed by atoms with Gasteiger partial charge < -0.3 is 0 Å². The van der Waals surface area contributed by atoms with E-state index in [0.717, 1.165) is 0 Å². The fourth-order valence-corrected chi connectivity index (χ4v) is 0. The van der Waals surface area contributed by atoms with Crippen molar-refractivity contribution in [2.24, 2.45) is 0 Å². The van der Waals surface area contributed by atoms with Crippen LogP contribution < -0.4 is 0 Å². The minimum absolute atomic E-state index is 0. The molecule has 0 unspecified atom stereocenters. The predicted octanol–water partition coefficient (Wildman–Crippen LogP) is -1.52. The summed E-state index contributed by atoms with van der Waals surface area (Å²) in [5, 5.41) is 0. The van der Waals surface area contributed by atoms with Gasteiger partial charge in [0.1, 0.15) is 0 Å². The fourth-order valence-electron chi connectivity index (χ4n) is 0. The Balaban J connectivity index is 0. The maximum Gasteiger partial charge on any atom is 0 e. The molecule has 0 saturated carbocycles. The van der Waals surface area contributed by atoms with Gasteiger partial charge in [-0.1, -0.05) is 0 Å². The minimum Gasteiger partial charge on any atom is 0 e. The molecular formula is BiGeSiSn. The Morgan fingerprint density at radius 1 is 1.00 bits per heavy atom. The van der Waals surface area contributed by atoms with Crippen LogP contribution in [0.1, 0.15) is 0 Å². The Kier molecular flexibility index (Phi) is 144. The number of hydrogen-bond acceptors (Lipinski definition) is 0. The van der Waals surface area contributed by atoms with E-state index < -0.39 is 0 Å². The third-order valence-corrected chi connectivity index (χ3v) is 0. The Morgan fingerprint density at radius 3 is 1.00 bits per heavy atom. The van der Waals surface area contributed by atoms with E-state index in [-0.39, 0.29) is 78.7 Å². The zero-order chi connectivity index (χ0) is 0. The average Bonchev–Trinajstić information content (AvgIpc) is 0. The van der Waals surface area contributed by atoms with E-state index in [0.29, 0.717) is 0 Å². The zero-order valence-corrected chi connectivity index (χ0v) is 11.4.